The van der Waals surface area contributed by atoms with Gasteiger partial charge < -0.3 is 25.2 Å². The van der Waals surface area contributed by atoms with Crippen molar-refractivity contribution in [3.05, 3.63) is 85.1 Å². The van der Waals surface area contributed by atoms with Gasteiger partial charge in [-0.05, 0) is 83.5 Å². The molecule has 0 heterocycles. The predicted octanol–water partition coefficient (Wildman–Crippen LogP) is 11.1. The van der Waals surface area contributed by atoms with Crippen LogP contribution >= 0.6 is 7.82 Å². The molecule has 0 aromatic rings. The summed E-state index contributed by atoms with van der Waals surface area (Å²) in [5, 5.41) is 21.8. The van der Waals surface area contributed by atoms with Crippen molar-refractivity contribution in [2.75, 3.05) is 19.8 Å². The Morgan fingerprint density at radius 1 is 0.569 bits per heavy atom. The second kappa shape index (κ2) is 40.4. The molecular formula is C46H76NO10P. The van der Waals surface area contributed by atoms with Crippen molar-refractivity contribution in [3.63, 3.8) is 0 Å². The third-order valence-electron chi connectivity index (χ3n) is 8.67. The monoisotopic (exact) mass is 834 g/mol. The Labute approximate surface area is 350 Å². The molecule has 0 radical (unpaired) electrons. The summed E-state index contributed by atoms with van der Waals surface area (Å²) in [6.07, 6.45) is 49.0. The number of nitrogens with one attached hydrogen (secondary N) is 1. The van der Waals surface area contributed by atoms with Gasteiger partial charge in [0.15, 0.2) is 6.04 Å². The zero-order chi connectivity index (χ0) is 42.8. The standard InChI is InChI=1S/C46H76NO10P/c1-3-5-7-9-11-13-15-16-17-18-19-20-21-22-23-24-25-26-28-30-32-34-36-38-45(50)55-39-42(48)40-56-58(53,54)57-41-43(46(51)52)47-44(49)37-35-33-31-29-27-14-12-10-8-6-4-2/h5,7,10-13,16-17,19-20,22-23,25-26,42-43,48H,3-4,6,8-9,14-15,18,21,24,27-41H2,1-2H3,(H,47,49)(H,51,52)(H,53,54)/b7-5-,12-10-,13-11-,17-16-,20-19-,23-22-,26-25-. The van der Waals surface area contributed by atoms with Crippen molar-refractivity contribution >= 4 is 25.7 Å². The van der Waals surface area contributed by atoms with E-state index in [2.05, 4.69) is 104 Å². The number of amides is 1. The number of carboxylic acids is 1. The number of carboxylic acid groups (broad SMARTS) is 1. The SMILES string of the molecule is CC/C=C\C/C=C\C/C=C\C/C=C\C/C=C\C/C=C\CCCCCCC(=O)OCC(O)COP(=O)(O)OCC(NC(=O)CCCCCCC/C=C\CCCC)C(=O)O. The predicted molar refractivity (Wildman–Crippen MR) is 235 cm³/mol. The number of ether oxygens (including phenoxy) is 1. The van der Waals surface area contributed by atoms with Crippen molar-refractivity contribution < 1.29 is 47.8 Å². The van der Waals surface area contributed by atoms with Crippen LogP contribution in [0.15, 0.2) is 85.1 Å². The van der Waals surface area contributed by atoms with Crippen LogP contribution < -0.4 is 5.32 Å². The summed E-state index contributed by atoms with van der Waals surface area (Å²) in [7, 11) is -4.77. The van der Waals surface area contributed by atoms with Crippen LogP contribution in [0.3, 0.4) is 0 Å². The van der Waals surface area contributed by atoms with E-state index in [1.165, 1.54) is 12.8 Å². The average molecular weight is 834 g/mol. The minimum absolute atomic E-state index is 0.129. The van der Waals surface area contributed by atoms with Crippen LogP contribution in [0.1, 0.15) is 155 Å². The lowest BCUT2D eigenvalue weighted by Crippen LogP contribution is -2.43. The molecule has 0 saturated carbocycles. The normalized spacial score (nSPS) is 14.6. The molecule has 3 unspecified atom stereocenters. The molecule has 0 aliphatic heterocycles. The fourth-order valence-corrected chi connectivity index (χ4v) is 6.07. The first kappa shape index (κ1) is 54.7. The van der Waals surface area contributed by atoms with Gasteiger partial charge in [-0.15, -0.1) is 0 Å². The van der Waals surface area contributed by atoms with Crippen molar-refractivity contribution in [1.82, 2.24) is 5.32 Å². The molecule has 0 spiro atoms. The van der Waals surface area contributed by atoms with E-state index in [0.717, 1.165) is 103 Å². The minimum Gasteiger partial charge on any atom is -0.480 e. The summed E-state index contributed by atoms with van der Waals surface area (Å²) in [6.45, 7) is 2.37. The van der Waals surface area contributed by atoms with E-state index in [-0.39, 0.29) is 12.8 Å². The quantitative estimate of drug-likeness (QED) is 0.0202. The Hall–Kier alpha value is -3.34. The maximum atomic E-state index is 12.2. The first-order valence-electron chi connectivity index (χ1n) is 21.6. The van der Waals surface area contributed by atoms with Gasteiger partial charge in [-0.25, -0.2) is 9.36 Å². The molecule has 0 aromatic carbocycles. The number of hydrogen-bond donors (Lipinski definition) is 4. The highest BCUT2D eigenvalue weighted by atomic mass is 31.2. The van der Waals surface area contributed by atoms with Crippen LogP contribution in [0, 0.1) is 0 Å². The van der Waals surface area contributed by atoms with Gasteiger partial charge >= 0.3 is 19.8 Å². The maximum Gasteiger partial charge on any atom is 0.472 e. The number of esters is 1. The molecule has 11 nitrogen and oxygen atoms in total. The largest absolute Gasteiger partial charge is 0.480 e. The number of carbonyl (C=O) groups excluding carboxylic acids is 2. The minimum atomic E-state index is -4.77. The van der Waals surface area contributed by atoms with E-state index in [0.29, 0.717) is 12.8 Å². The molecule has 0 saturated heterocycles. The second-order valence-electron chi connectivity index (χ2n) is 14.1. The molecule has 0 rings (SSSR count). The second-order valence-corrected chi connectivity index (χ2v) is 15.6. The number of hydrogen-bond acceptors (Lipinski definition) is 8. The van der Waals surface area contributed by atoms with E-state index in [4.69, 9.17) is 13.8 Å². The number of carbonyl (C=O) groups is 3. The third kappa shape index (κ3) is 39.5. The average Bonchev–Trinajstić information content (AvgIpc) is 3.20. The van der Waals surface area contributed by atoms with E-state index >= 15 is 0 Å². The summed E-state index contributed by atoms with van der Waals surface area (Å²) in [4.78, 5) is 45.8. The van der Waals surface area contributed by atoms with Gasteiger partial charge in [0.25, 0.3) is 0 Å². The van der Waals surface area contributed by atoms with Crippen LogP contribution in [-0.2, 0) is 32.7 Å². The van der Waals surface area contributed by atoms with Crippen LogP contribution in [0.5, 0.6) is 0 Å². The number of unbranched alkanes of at least 4 members (excludes halogenated alkanes) is 11. The Morgan fingerprint density at radius 3 is 1.52 bits per heavy atom. The summed E-state index contributed by atoms with van der Waals surface area (Å²) in [5.74, 6) is -2.43. The van der Waals surface area contributed by atoms with E-state index in [1.807, 2.05) is 0 Å². The number of phosphoric ester groups is 1. The van der Waals surface area contributed by atoms with Gasteiger partial charge in [0, 0.05) is 12.8 Å². The fraction of sp³-hybridized carbons (Fsp3) is 0.630. The van der Waals surface area contributed by atoms with Gasteiger partial charge in [-0.1, -0.05) is 144 Å². The molecule has 1 amide bonds. The smallest absolute Gasteiger partial charge is 0.472 e. The Kier molecular flexibility index (Phi) is 38.1. The number of rotatable bonds is 39. The van der Waals surface area contributed by atoms with Crippen molar-refractivity contribution in [2.24, 2.45) is 0 Å². The van der Waals surface area contributed by atoms with Crippen LogP contribution in [0.2, 0.25) is 0 Å². The van der Waals surface area contributed by atoms with Gasteiger partial charge in [-0.2, -0.15) is 0 Å². The Bertz CT molecular complexity index is 1300. The van der Waals surface area contributed by atoms with Crippen molar-refractivity contribution in [3.8, 4) is 0 Å². The molecular weight excluding hydrogens is 757 g/mol. The number of phosphoric acid groups is 1. The molecule has 330 valence electrons. The lowest BCUT2D eigenvalue weighted by atomic mass is 10.1. The number of aliphatic hydroxyl groups is 1. The molecule has 0 fully saturated rings. The highest BCUT2D eigenvalue weighted by molar-refractivity contribution is 7.47. The molecule has 0 bridgehead atoms. The lowest BCUT2D eigenvalue weighted by molar-refractivity contribution is -0.147. The number of aliphatic carboxylic acids is 1. The van der Waals surface area contributed by atoms with Crippen molar-refractivity contribution in [1.29, 1.82) is 0 Å². The molecule has 0 aliphatic carbocycles. The summed E-state index contributed by atoms with van der Waals surface area (Å²) in [5.41, 5.74) is 0. The van der Waals surface area contributed by atoms with Gasteiger partial charge in [0.05, 0.1) is 13.2 Å². The zero-order valence-corrected chi connectivity index (χ0v) is 36.5. The topological polar surface area (TPSA) is 169 Å². The fourth-order valence-electron chi connectivity index (χ4n) is 5.30. The number of aliphatic hydroxyl groups excluding tert-OH is 1. The molecule has 12 heteroatoms. The zero-order valence-electron chi connectivity index (χ0n) is 35.6. The molecule has 58 heavy (non-hydrogen) atoms. The summed E-state index contributed by atoms with van der Waals surface area (Å²) >= 11 is 0. The van der Waals surface area contributed by atoms with Crippen molar-refractivity contribution in [2.45, 2.75) is 167 Å². The summed E-state index contributed by atoms with van der Waals surface area (Å²) in [6, 6.07) is -1.56. The van der Waals surface area contributed by atoms with Crippen LogP contribution in [0.25, 0.3) is 0 Å². The maximum absolute atomic E-state index is 12.2. The third-order valence-corrected chi connectivity index (χ3v) is 9.62. The van der Waals surface area contributed by atoms with Gasteiger partial charge in [-0.3, -0.25) is 18.6 Å². The van der Waals surface area contributed by atoms with E-state index < -0.39 is 57.6 Å². The molecule has 0 aliphatic rings. The molecule has 4 N–H and O–H groups in total. The molecule has 0 aromatic heterocycles. The molecule has 3 atom stereocenters. The first-order chi connectivity index (χ1) is 28.1. The Morgan fingerprint density at radius 2 is 1.00 bits per heavy atom. The van der Waals surface area contributed by atoms with Crippen LogP contribution in [0.4, 0.5) is 0 Å². The van der Waals surface area contributed by atoms with E-state index in [1.54, 1.807) is 0 Å². The Balaban J connectivity index is 3.95. The van der Waals surface area contributed by atoms with Gasteiger partial charge in [0.1, 0.15) is 12.7 Å². The van der Waals surface area contributed by atoms with Crippen LogP contribution in [-0.4, -0.2) is 64.9 Å². The van der Waals surface area contributed by atoms with E-state index in [9.17, 15) is 34.1 Å². The van der Waals surface area contributed by atoms with Gasteiger partial charge in [0.2, 0.25) is 5.91 Å². The lowest BCUT2D eigenvalue weighted by Gasteiger charge is -2.18. The highest BCUT2D eigenvalue weighted by Gasteiger charge is 2.28. The number of allylic oxidation sites excluding steroid dienone is 14. The highest BCUT2D eigenvalue weighted by Crippen LogP contribution is 2.43. The first-order valence-corrected chi connectivity index (χ1v) is 23.1. The summed E-state index contributed by atoms with van der Waals surface area (Å²) < 4.78 is 26.8.